The number of rotatable bonds is 3. The van der Waals surface area contributed by atoms with Gasteiger partial charge in [-0.15, -0.1) is 11.3 Å². The standard InChI is InChI=1S/C14H12N2O6S3/c1-7-2-5-10-12(13(7)25(20,21)22)23-14(16-10)9-4-3-8(15)6-11(9)24(17,18)19/h2-6H,15H2,1H3,(H,17,18,19)(H,20,21,22). The number of hydrogen-bond acceptors (Lipinski definition) is 7. The normalized spacial score (nSPS) is 12.6. The molecule has 4 N–H and O–H groups in total. The SMILES string of the molecule is Cc1ccc2nc(-c3ccc(N)cc3S(=O)(=O)O)sc2c1S(=O)(=O)O. The van der Waals surface area contributed by atoms with E-state index in [4.69, 9.17) is 5.73 Å². The molecule has 1 aromatic heterocycles. The molecule has 0 aliphatic rings. The van der Waals surface area contributed by atoms with Crippen LogP contribution in [-0.4, -0.2) is 30.9 Å². The van der Waals surface area contributed by atoms with Gasteiger partial charge in [0.25, 0.3) is 20.2 Å². The smallest absolute Gasteiger partial charge is 0.296 e. The summed E-state index contributed by atoms with van der Waals surface area (Å²) in [7, 11) is -9.06. The lowest BCUT2D eigenvalue weighted by Crippen LogP contribution is -2.02. The summed E-state index contributed by atoms with van der Waals surface area (Å²) in [5, 5.41) is 0.165. The van der Waals surface area contributed by atoms with Gasteiger partial charge in [0.2, 0.25) is 0 Å². The van der Waals surface area contributed by atoms with Gasteiger partial charge in [0.05, 0.1) is 10.2 Å². The zero-order valence-electron chi connectivity index (χ0n) is 12.7. The molecule has 1 heterocycles. The number of benzene rings is 2. The van der Waals surface area contributed by atoms with Crippen LogP contribution in [0.25, 0.3) is 20.8 Å². The maximum absolute atomic E-state index is 11.7. The molecule has 0 aliphatic heterocycles. The molecular formula is C14H12N2O6S3. The first-order chi connectivity index (χ1) is 11.5. The molecule has 0 atom stereocenters. The van der Waals surface area contributed by atoms with E-state index < -0.39 is 25.1 Å². The fourth-order valence-electron chi connectivity index (χ4n) is 2.43. The molecule has 0 saturated carbocycles. The van der Waals surface area contributed by atoms with Crippen molar-refractivity contribution in [3.05, 3.63) is 35.9 Å². The number of anilines is 1. The average Bonchev–Trinajstić information content (AvgIpc) is 2.88. The maximum atomic E-state index is 11.7. The molecule has 0 aliphatic carbocycles. The highest BCUT2D eigenvalue weighted by Gasteiger charge is 2.23. The molecule has 11 heteroatoms. The predicted octanol–water partition coefficient (Wildman–Crippen LogP) is 2.35. The average molecular weight is 400 g/mol. The zero-order valence-corrected chi connectivity index (χ0v) is 15.1. The fraction of sp³-hybridized carbons (Fsp3) is 0.0714. The van der Waals surface area contributed by atoms with Crippen LogP contribution in [0.3, 0.4) is 0 Å². The lowest BCUT2D eigenvalue weighted by atomic mass is 10.2. The second kappa shape index (κ2) is 5.75. The van der Waals surface area contributed by atoms with Crippen molar-refractivity contribution in [3.63, 3.8) is 0 Å². The molecule has 0 spiro atoms. The lowest BCUT2D eigenvalue weighted by molar-refractivity contribution is 0.481. The van der Waals surface area contributed by atoms with Crippen molar-refractivity contribution in [2.75, 3.05) is 5.73 Å². The third kappa shape index (κ3) is 3.24. The van der Waals surface area contributed by atoms with Crippen LogP contribution in [0.2, 0.25) is 0 Å². The van der Waals surface area contributed by atoms with Gasteiger partial charge in [0, 0.05) is 11.3 Å². The first-order valence-electron chi connectivity index (χ1n) is 6.73. The van der Waals surface area contributed by atoms with E-state index in [1.165, 1.54) is 25.1 Å². The van der Waals surface area contributed by atoms with Crippen molar-refractivity contribution in [1.82, 2.24) is 4.98 Å². The highest BCUT2D eigenvalue weighted by atomic mass is 32.2. The Morgan fingerprint density at radius 3 is 2.32 bits per heavy atom. The summed E-state index contributed by atoms with van der Waals surface area (Å²) in [5.41, 5.74) is 6.39. The van der Waals surface area contributed by atoms with Crippen LogP contribution in [0.5, 0.6) is 0 Å². The summed E-state index contributed by atoms with van der Waals surface area (Å²) in [6.45, 7) is 1.52. The minimum absolute atomic E-state index is 0.0804. The van der Waals surface area contributed by atoms with Gasteiger partial charge in [-0.1, -0.05) is 6.07 Å². The number of hydrogen-bond donors (Lipinski definition) is 3. The molecule has 0 radical (unpaired) electrons. The Hall–Kier alpha value is -2.05. The summed E-state index contributed by atoms with van der Waals surface area (Å²) in [6.07, 6.45) is 0. The molecule has 25 heavy (non-hydrogen) atoms. The quantitative estimate of drug-likeness (QED) is 0.448. The summed E-state index contributed by atoms with van der Waals surface area (Å²) in [4.78, 5) is 3.52. The Bertz CT molecular complexity index is 1210. The first-order valence-corrected chi connectivity index (χ1v) is 10.4. The van der Waals surface area contributed by atoms with Gasteiger partial charge < -0.3 is 5.73 Å². The topological polar surface area (TPSA) is 148 Å². The molecule has 0 bridgehead atoms. The molecule has 2 aromatic carbocycles. The summed E-state index contributed by atoms with van der Waals surface area (Å²) in [5.74, 6) is 0. The van der Waals surface area contributed by atoms with E-state index >= 15 is 0 Å². The Kier molecular flexibility index (Phi) is 4.08. The molecule has 0 amide bonds. The van der Waals surface area contributed by atoms with Crippen LogP contribution in [-0.2, 0) is 20.2 Å². The number of nitrogens with zero attached hydrogens (tertiary/aromatic N) is 1. The minimum Gasteiger partial charge on any atom is -0.399 e. The number of aryl methyl sites for hydroxylation is 1. The van der Waals surface area contributed by atoms with E-state index in [1.807, 2.05) is 0 Å². The number of nitrogens with two attached hydrogens (primary N) is 1. The van der Waals surface area contributed by atoms with Crippen molar-refractivity contribution in [3.8, 4) is 10.6 Å². The number of thiazole rings is 1. The second-order valence-corrected chi connectivity index (χ2v) is 9.03. The van der Waals surface area contributed by atoms with Crippen molar-refractivity contribution in [2.24, 2.45) is 0 Å². The molecule has 0 fully saturated rings. The van der Waals surface area contributed by atoms with Crippen LogP contribution < -0.4 is 5.73 Å². The van der Waals surface area contributed by atoms with Gasteiger partial charge in [-0.2, -0.15) is 16.8 Å². The van der Waals surface area contributed by atoms with Crippen LogP contribution in [0.15, 0.2) is 40.1 Å². The first kappa shape index (κ1) is 17.8. The van der Waals surface area contributed by atoms with Gasteiger partial charge in [-0.3, -0.25) is 9.11 Å². The maximum Gasteiger partial charge on any atom is 0.296 e. The largest absolute Gasteiger partial charge is 0.399 e. The monoisotopic (exact) mass is 400 g/mol. The highest BCUT2D eigenvalue weighted by Crippen LogP contribution is 2.38. The summed E-state index contributed by atoms with van der Waals surface area (Å²) < 4.78 is 65.6. The predicted molar refractivity (Wildman–Crippen MR) is 93.8 cm³/mol. The van der Waals surface area contributed by atoms with Gasteiger partial charge in [0.15, 0.2) is 0 Å². The van der Waals surface area contributed by atoms with E-state index in [0.29, 0.717) is 5.56 Å². The van der Waals surface area contributed by atoms with Crippen LogP contribution >= 0.6 is 11.3 Å². The highest BCUT2D eigenvalue weighted by molar-refractivity contribution is 7.86. The lowest BCUT2D eigenvalue weighted by Gasteiger charge is -2.05. The zero-order chi connectivity index (χ0) is 18.6. The molecule has 132 valence electrons. The van der Waals surface area contributed by atoms with Crippen LogP contribution in [0.4, 0.5) is 5.69 Å². The van der Waals surface area contributed by atoms with E-state index in [0.717, 1.165) is 17.4 Å². The third-order valence-electron chi connectivity index (χ3n) is 3.48. The molecule has 8 nitrogen and oxygen atoms in total. The van der Waals surface area contributed by atoms with E-state index in [2.05, 4.69) is 4.98 Å². The van der Waals surface area contributed by atoms with Crippen molar-refractivity contribution < 1.29 is 25.9 Å². The van der Waals surface area contributed by atoms with E-state index in [1.54, 1.807) is 6.07 Å². The molecule has 3 aromatic rings. The Balaban J connectivity index is 2.37. The Labute approximate surface area is 147 Å². The number of aromatic nitrogens is 1. The van der Waals surface area contributed by atoms with Crippen LogP contribution in [0, 0.1) is 6.92 Å². The molecule has 0 saturated heterocycles. The second-order valence-electron chi connectivity index (χ2n) is 5.28. The van der Waals surface area contributed by atoms with E-state index in [9.17, 15) is 25.9 Å². The summed E-state index contributed by atoms with van der Waals surface area (Å²) in [6, 6.07) is 6.94. The van der Waals surface area contributed by atoms with Crippen molar-refractivity contribution in [1.29, 1.82) is 0 Å². The van der Waals surface area contributed by atoms with E-state index in [-0.39, 0.29) is 31.4 Å². The van der Waals surface area contributed by atoms with Gasteiger partial charge in [-0.05, 0) is 36.8 Å². The summed E-state index contributed by atoms with van der Waals surface area (Å²) >= 11 is 0.888. The van der Waals surface area contributed by atoms with Gasteiger partial charge in [-0.25, -0.2) is 4.98 Å². The Morgan fingerprint density at radius 2 is 1.72 bits per heavy atom. The van der Waals surface area contributed by atoms with Gasteiger partial charge in [0.1, 0.15) is 14.8 Å². The van der Waals surface area contributed by atoms with Gasteiger partial charge >= 0.3 is 0 Å². The van der Waals surface area contributed by atoms with Crippen LogP contribution in [0.1, 0.15) is 5.56 Å². The molecule has 0 unspecified atom stereocenters. The Morgan fingerprint density at radius 1 is 1.04 bits per heavy atom. The minimum atomic E-state index is -4.57. The number of fused-ring (bicyclic) bond motifs is 1. The van der Waals surface area contributed by atoms with Crippen molar-refractivity contribution >= 4 is 47.5 Å². The third-order valence-corrected chi connectivity index (χ3v) is 6.67. The molecule has 3 rings (SSSR count). The fourth-order valence-corrected chi connectivity index (χ4v) is 5.58. The van der Waals surface area contributed by atoms with Crippen molar-refractivity contribution in [2.45, 2.75) is 16.7 Å². The molecular weight excluding hydrogens is 388 g/mol. The number of nitrogen functional groups attached to an aromatic ring is 1.